The van der Waals surface area contributed by atoms with Crippen molar-refractivity contribution in [3.63, 3.8) is 0 Å². The minimum atomic E-state index is -0.287. The smallest absolute Gasteiger partial charge is 0.319 e. The number of amides is 3. The summed E-state index contributed by atoms with van der Waals surface area (Å²) < 4.78 is 5.07. The average molecular weight is 369 g/mol. The van der Waals surface area contributed by atoms with Crippen LogP contribution in [0.4, 0.5) is 10.5 Å². The van der Waals surface area contributed by atoms with E-state index in [4.69, 9.17) is 4.74 Å². The van der Waals surface area contributed by atoms with Crippen LogP contribution in [0.25, 0.3) is 0 Å². The van der Waals surface area contributed by atoms with E-state index in [9.17, 15) is 9.59 Å². The second kappa shape index (κ2) is 9.62. The monoisotopic (exact) mass is 369 g/mol. The van der Waals surface area contributed by atoms with Gasteiger partial charge >= 0.3 is 6.03 Å². The molecule has 0 saturated heterocycles. The van der Waals surface area contributed by atoms with Crippen molar-refractivity contribution in [2.75, 3.05) is 25.5 Å². The van der Waals surface area contributed by atoms with Gasteiger partial charge in [-0.3, -0.25) is 4.79 Å². The molecule has 3 amide bonds. The van der Waals surface area contributed by atoms with E-state index in [-0.39, 0.29) is 11.9 Å². The summed E-state index contributed by atoms with van der Waals surface area (Å²) in [4.78, 5) is 24.2. The third-order valence-corrected chi connectivity index (χ3v) is 4.21. The Morgan fingerprint density at radius 3 is 2.30 bits per heavy atom. The van der Waals surface area contributed by atoms with E-state index in [1.807, 2.05) is 25.1 Å². The second-order valence-electron chi connectivity index (χ2n) is 6.56. The molecule has 0 aromatic heterocycles. The van der Waals surface area contributed by atoms with Gasteiger partial charge in [-0.1, -0.05) is 32.0 Å². The Bertz CT molecular complexity index is 786. The fraction of sp³-hybridized carbons (Fsp3) is 0.333. The Labute approximate surface area is 160 Å². The van der Waals surface area contributed by atoms with Crippen LogP contribution in [0.15, 0.2) is 42.5 Å². The predicted octanol–water partition coefficient (Wildman–Crippen LogP) is 3.68. The van der Waals surface area contributed by atoms with Gasteiger partial charge in [0.2, 0.25) is 0 Å². The van der Waals surface area contributed by atoms with Crippen molar-refractivity contribution in [1.82, 2.24) is 10.6 Å². The highest BCUT2D eigenvalue weighted by Gasteiger charge is 2.12. The lowest BCUT2D eigenvalue weighted by Gasteiger charge is -2.17. The first-order valence-corrected chi connectivity index (χ1v) is 8.99. The molecule has 0 heterocycles. The molecule has 6 nitrogen and oxygen atoms in total. The normalized spacial score (nSPS) is 10.4. The molecule has 3 N–H and O–H groups in total. The average Bonchev–Trinajstić information content (AvgIpc) is 2.66. The highest BCUT2D eigenvalue weighted by Crippen LogP contribution is 2.27. The maximum absolute atomic E-state index is 12.2. The molecular weight excluding hydrogens is 342 g/mol. The van der Waals surface area contributed by atoms with E-state index in [1.54, 1.807) is 31.4 Å². The van der Waals surface area contributed by atoms with E-state index in [0.717, 1.165) is 16.8 Å². The Morgan fingerprint density at radius 1 is 1.00 bits per heavy atom. The molecule has 144 valence electrons. The maximum atomic E-state index is 12.2. The summed E-state index contributed by atoms with van der Waals surface area (Å²) >= 11 is 0. The van der Waals surface area contributed by atoms with Gasteiger partial charge in [-0.2, -0.15) is 0 Å². The van der Waals surface area contributed by atoms with Crippen LogP contribution in [0.5, 0.6) is 5.75 Å². The Morgan fingerprint density at radius 2 is 1.67 bits per heavy atom. The van der Waals surface area contributed by atoms with Gasteiger partial charge in [-0.25, -0.2) is 4.79 Å². The van der Waals surface area contributed by atoms with Gasteiger partial charge < -0.3 is 20.7 Å². The first-order valence-electron chi connectivity index (χ1n) is 8.99. The number of hydrogen-bond acceptors (Lipinski definition) is 3. The number of methoxy groups -OCH3 is 1. The van der Waals surface area contributed by atoms with Gasteiger partial charge in [0.25, 0.3) is 5.91 Å². The number of carbonyl (C=O) groups excluding carboxylic acids is 2. The molecule has 0 saturated carbocycles. The van der Waals surface area contributed by atoms with Crippen molar-refractivity contribution in [3.05, 3.63) is 59.2 Å². The van der Waals surface area contributed by atoms with Crippen LogP contribution in [-0.4, -0.2) is 32.1 Å². The SMILES string of the molecule is COc1ccc(C(=O)NCCNC(=O)Nc2c(C)cccc2C(C)C)cc1. The molecule has 0 radical (unpaired) electrons. The van der Waals surface area contributed by atoms with Crippen LogP contribution in [-0.2, 0) is 0 Å². The summed E-state index contributed by atoms with van der Waals surface area (Å²) in [7, 11) is 1.58. The summed E-state index contributed by atoms with van der Waals surface area (Å²) in [5.74, 6) is 0.812. The fourth-order valence-electron chi connectivity index (χ4n) is 2.70. The Kier molecular flexibility index (Phi) is 7.23. The van der Waals surface area contributed by atoms with Crippen molar-refractivity contribution in [2.24, 2.45) is 0 Å². The van der Waals surface area contributed by atoms with Crippen LogP contribution in [0.2, 0.25) is 0 Å². The molecule has 2 rings (SSSR count). The zero-order valence-corrected chi connectivity index (χ0v) is 16.3. The number of nitrogens with one attached hydrogen (secondary N) is 3. The number of urea groups is 1. The molecule has 0 aliphatic carbocycles. The Balaban J connectivity index is 1.80. The van der Waals surface area contributed by atoms with E-state index in [0.29, 0.717) is 30.3 Å². The number of benzene rings is 2. The molecule has 0 aliphatic heterocycles. The number of hydrogen-bond donors (Lipinski definition) is 3. The fourth-order valence-corrected chi connectivity index (χ4v) is 2.70. The zero-order valence-electron chi connectivity index (χ0n) is 16.3. The third kappa shape index (κ3) is 5.74. The molecule has 2 aromatic rings. The molecule has 2 aromatic carbocycles. The molecular formula is C21H27N3O3. The van der Waals surface area contributed by atoms with E-state index in [1.165, 1.54) is 0 Å². The topological polar surface area (TPSA) is 79.5 Å². The number of ether oxygens (including phenoxy) is 1. The summed E-state index contributed by atoms with van der Waals surface area (Å²) in [5.41, 5.74) is 3.50. The Hall–Kier alpha value is -3.02. The van der Waals surface area contributed by atoms with Gasteiger partial charge in [-0.05, 0) is 48.2 Å². The molecule has 0 aliphatic rings. The summed E-state index contributed by atoms with van der Waals surface area (Å²) in [5, 5.41) is 8.46. The lowest BCUT2D eigenvalue weighted by Crippen LogP contribution is -2.37. The molecule has 0 fully saturated rings. The van der Waals surface area contributed by atoms with Gasteiger partial charge in [0, 0.05) is 24.3 Å². The second-order valence-corrected chi connectivity index (χ2v) is 6.56. The molecule has 27 heavy (non-hydrogen) atoms. The van der Waals surface area contributed by atoms with Crippen LogP contribution >= 0.6 is 0 Å². The minimum absolute atomic E-state index is 0.194. The molecule has 0 spiro atoms. The maximum Gasteiger partial charge on any atom is 0.319 e. The van der Waals surface area contributed by atoms with E-state index in [2.05, 4.69) is 29.8 Å². The lowest BCUT2D eigenvalue weighted by atomic mass is 9.98. The van der Waals surface area contributed by atoms with Crippen molar-refractivity contribution >= 4 is 17.6 Å². The number of aryl methyl sites for hydroxylation is 1. The molecule has 0 bridgehead atoms. The molecule has 0 unspecified atom stereocenters. The zero-order chi connectivity index (χ0) is 19.8. The van der Waals surface area contributed by atoms with Gasteiger partial charge in [0.1, 0.15) is 5.75 Å². The lowest BCUT2D eigenvalue weighted by molar-refractivity contribution is 0.0954. The first kappa shape index (κ1) is 20.3. The highest BCUT2D eigenvalue weighted by molar-refractivity contribution is 5.94. The van der Waals surface area contributed by atoms with Crippen LogP contribution in [0.3, 0.4) is 0 Å². The standard InChI is InChI=1S/C21H27N3O3/c1-14(2)18-7-5-6-15(3)19(18)24-21(26)23-13-12-22-20(25)16-8-10-17(27-4)11-9-16/h5-11,14H,12-13H2,1-4H3,(H,22,25)(H2,23,24,26). The quantitative estimate of drug-likeness (QED) is 0.652. The number of rotatable bonds is 7. The van der Waals surface area contributed by atoms with Crippen LogP contribution < -0.4 is 20.7 Å². The largest absolute Gasteiger partial charge is 0.497 e. The summed E-state index contributed by atoms with van der Waals surface area (Å²) in [6.07, 6.45) is 0. The third-order valence-electron chi connectivity index (χ3n) is 4.21. The van der Waals surface area contributed by atoms with Crippen LogP contribution in [0.1, 0.15) is 41.3 Å². The van der Waals surface area contributed by atoms with Gasteiger partial charge in [-0.15, -0.1) is 0 Å². The summed E-state index contributed by atoms with van der Waals surface area (Å²) in [6, 6.07) is 12.5. The molecule has 0 atom stereocenters. The van der Waals surface area contributed by atoms with Gasteiger partial charge in [0.05, 0.1) is 7.11 Å². The minimum Gasteiger partial charge on any atom is -0.497 e. The number of carbonyl (C=O) groups is 2. The van der Waals surface area contributed by atoms with Crippen molar-refractivity contribution in [3.8, 4) is 5.75 Å². The highest BCUT2D eigenvalue weighted by atomic mass is 16.5. The van der Waals surface area contributed by atoms with Crippen LogP contribution in [0, 0.1) is 6.92 Å². The van der Waals surface area contributed by atoms with E-state index < -0.39 is 0 Å². The van der Waals surface area contributed by atoms with Crippen molar-refractivity contribution in [2.45, 2.75) is 26.7 Å². The van der Waals surface area contributed by atoms with Crippen molar-refractivity contribution in [1.29, 1.82) is 0 Å². The summed E-state index contributed by atoms with van der Waals surface area (Å²) in [6.45, 7) is 6.81. The van der Waals surface area contributed by atoms with E-state index >= 15 is 0 Å². The number of anilines is 1. The molecule has 6 heteroatoms. The first-order chi connectivity index (χ1) is 12.9. The van der Waals surface area contributed by atoms with Crippen molar-refractivity contribution < 1.29 is 14.3 Å². The number of para-hydroxylation sites is 1. The predicted molar refractivity (Wildman–Crippen MR) is 108 cm³/mol. The van der Waals surface area contributed by atoms with Gasteiger partial charge in [0.15, 0.2) is 0 Å².